The van der Waals surface area contributed by atoms with E-state index in [4.69, 9.17) is 19.7 Å². The van der Waals surface area contributed by atoms with Crippen molar-refractivity contribution in [1.29, 1.82) is 0 Å². The zero-order chi connectivity index (χ0) is 42.7. The molecule has 0 spiro atoms. The fourth-order valence-corrected chi connectivity index (χ4v) is 9.53. The third kappa shape index (κ3) is 9.26. The Bertz CT molecular complexity index is 2660. The quantitative estimate of drug-likeness (QED) is 0.0497. The van der Waals surface area contributed by atoms with E-state index in [0.29, 0.717) is 44.9 Å². The lowest BCUT2D eigenvalue weighted by Gasteiger charge is -2.35. The molecular weight excluding hydrogens is 898 g/mol. The summed E-state index contributed by atoms with van der Waals surface area (Å²) >= 11 is 2.26. The van der Waals surface area contributed by atoms with Gasteiger partial charge in [0.25, 0.3) is 5.91 Å². The van der Waals surface area contributed by atoms with Crippen molar-refractivity contribution in [3.05, 3.63) is 176 Å². The first kappa shape index (κ1) is 42.3. The predicted octanol–water partition coefficient (Wildman–Crippen LogP) is 11.9. The molecule has 1 aliphatic carbocycles. The molecule has 1 amide bonds. The second kappa shape index (κ2) is 18.3. The highest BCUT2D eigenvalue weighted by Gasteiger charge is 2.35. The zero-order valence-corrected chi connectivity index (χ0v) is 37.9. The van der Waals surface area contributed by atoms with E-state index in [0.717, 1.165) is 58.1 Å². The molecule has 7 aromatic rings. The molecule has 12 heteroatoms. The van der Waals surface area contributed by atoms with Crippen LogP contribution in [0.4, 0.5) is 14.6 Å². The van der Waals surface area contributed by atoms with Gasteiger partial charge >= 0.3 is 0 Å². The van der Waals surface area contributed by atoms with Crippen LogP contribution in [-0.4, -0.2) is 50.7 Å². The van der Waals surface area contributed by atoms with Gasteiger partial charge in [-0.25, -0.2) is 18.8 Å². The molecule has 1 aliphatic rings. The van der Waals surface area contributed by atoms with E-state index >= 15 is 4.79 Å². The monoisotopic (exact) mass is 944 g/mol. The number of aromatic nitrogens is 4. The number of carbonyl (C=O) groups excluding carboxylic acids is 1. The highest BCUT2D eigenvalue weighted by atomic mass is 127. The minimum Gasteiger partial charge on any atom is -0.361 e. The van der Waals surface area contributed by atoms with Gasteiger partial charge in [0.05, 0.1) is 44.3 Å². The van der Waals surface area contributed by atoms with Crippen LogP contribution < -0.4 is 0 Å². The number of ether oxygens (including phenoxy) is 1. The summed E-state index contributed by atoms with van der Waals surface area (Å²) in [4.78, 5) is 37.4. The van der Waals surface area contributed by atoms with Crippen molar-refractivity contribution in [2.75, 3.05) is 6.61 Å². The van der Waals surface area contributed by atoms with Crippen LogP contribution in [0.3, 0.4) is 0 Å². The Morgan fingerprint density at radius 1 is 0.918 bits per heavy atom. The molecule has 0 aliphatic heterocycles. The summed E-state index contributed by atoms with van der Waals surface area (Å²) in [6.07, 6.45) is 5.69. The van der Waals surface area contributed by atoms with Gasteiger partial charge in [0.15, 0.2) is 5.82 Å². The van der Waals surface area contributed by atoms with Crippen LogP contribution in [0, 0.1) is 22.1 Å². The van der Waals surface area contributed by atoms with Crippen molar-refractivity contribution in [2.45, 2.75) is 71.2 Å². The lowest BCUT2D eigenvalue weighted by atomic mass is 9.90. The molecule has 4 aromatic heterocycles. The van der Waals surface area contributed by atoms with E-state index in [-0.39, 0.29) is 30.8 Å². The summed E-state index contributed by atoms with van der Waals surface area (Å²) in [5.41, 5.74) is 8.16. The van der Waals surface area contributed by atoms with Gasteiger partial charge in [-0.05, 0) is 96.3 Å². The average Bonchev–Trinajstić information content (AvgIpc) is 3.52. The van der Waals surface area contributed by atoms with Crippen LogP contribution >= 0.6 is 22.6 Å². The molecule has 8 nitrogen and oxygen atoms in total. The Labute approximate surface area is 369 Å². The number of nitrogens with zero attached hydrogens (tertiary/aromatic N) is 6. The van der Waals surface area contributed by atoms with E-state index in [1.165, 1.54) is 24.4 Å². The Hall–Kier alpha value is -5.44. The summed E-state index contributed by atoms with van der Waals surface area (Å²) < 4.78 is 38.6. The topological polar surface area (TPSA) is 85.5 Å². The minimum atomic E-state index is -1.41. The molecule has 0 bridgehead atoms. The molecule has 1 atom stereocenters. The number of aliphatic imine (C=N–C) groups is 1. The molecule has 0 saturated heterocycles. The molecule has 0 radical (unpaired) electrons. The highest BCUT2D eigenvalue weighted by Crippen LogP contribution is 2.38. The van der Waals surface area contributed by atoms with Gasteiger partial charge in [-0.3, -0.25) is 14.8 Å². The molecule has 0 saturated carbocycles. The molecule has 61 heavy (non-hydrogen) atoms. The first-order valence-electron chi connectivity index (χ1n) is 20.6. The molecular formula is C49H47F2IN6O2Si. The van der Waals surface area contributed by atoms with Gasteiger partial charge in [-0.2, -0.15) is 0 Å². The van der Waals surface area contributed by atoms with E-state index in [2.05, 4.69) is 59.3 Å². The number of pyridine rings is 3. The standard InChI is InChI=1S/C49H47F2IN6O2Si/c1-32-28-41-46(56-48(32)55-44(33-14-7-5-8-15-33)34-16-9-6-10-17-34)43(52)47(58(41)31-60-26-27-61(2,3)4)49(59)57(40-22-11-18-35-19-13-25-53-45(35)40)30-37-24-23-36(29-54-37)42-38(50)20-12-21-39(42)51/h5-10,12-17,19-21,23-25,28-29,40H,11,18,22,26-27,30-31H2,1-4H3/t40-/m1/s1. The SMILES string of the molecule is Cc1cc2c(nc1N=C(c1ccccc1)c1ccccc1)c(I)c(C(=O)N(Cc1ccc(-c3c(F)cccc3F)cn1)[C@@H]1CCCc3cccnc31)n2COCC[Si](C)(C)C. The normalized spacial score (nSPS) is 13.9. The molecule has 310 valence electrons. The Morgan fingerprint density at radius 2 is 1.62 bits per heavy atom. The van der Waals surface area contributed by atoms with Gasteiger partial charge in [0.2, 0.25) is 0 Å². The number of hydrogen-bond donors (Lipinski definition) is 0. The van der Waals surface area contributed by atoms with Crippen LogP contribution in [0.15, 0.2) is 127 Å². The first-order valence-corrected chi connectivity index (χ1v) is 25.4. The predicted molar refractivity (Wildman–Crippen MR) is 249 cm³/mol. The maximum absolute atomic E-state index is 15.6. The second-order valence-corrected chi connectivity index (χ2v) is 23.4. The number of aryl methyl sites for hydroxylation is 2. The summed E-state index contributed by atoms with van der Waals surface area (Å²) in [6, 6.07) is 34.0. The van der Waals surface area contributed by atoms with Crippen LogP contribution in [0.2, 0.25) is 25.7 Å². The Balaban J connectivity index is 1.25. The number of hydrogen-bond acceptors (Lipinski definition) is 6. The smallest absolute Gasteiger partial charge is 0.272 e. The molecule has 0 fully saturated rings. The molecule has 0 unspecified atom stereocenters. The van der Waals surface area contributed by atoms with E-state index < -0.39 is 19.7 Å². The Kier molecular flexibility index (Phi) is 12.7. The molecule has 4 heterocycles. The molecule has 0 N–H and O–H groups in total. The van der Waals surface area contributed by atoms with Gasteiger partial charge in [0, 0.05) is 43.8 Å². The third-order valence-electron chi connectivity index (χ3n) is 11.1. The first-order chi connectivity index (χ1) is 29.5. The summed E-state index contributed by atoms with van der Waals surface area (Å²) in [7, 11) is -1.41. The fraction of sp³-hybridized carbons (Fsp3) is 0.245. The summed E-state index contributed by atoms with van der Waals surface area (Å²) in [6.45, 7) is 9.79. The minimum absolute atomic E-state index is 0.132. The molecule has 8 rings (SSSR count). The number of amides is 1. The largest absolute Gasteiger partial charge is 0.361 e. The van der Waals surface area contributed by atoms with E-state index in [1.807, 2.05) is 83.1 Å². The maximum Gasteiger partial charge on any atom is 0.272 e. The van der Waals surface area contributed by atoms with Crippen molar-refractivity contribution in [3.8, 4) is 11.1 Å². The van der Waals surface area contributed by atoms with Crippen molar-refractivity contribution in [1.82, 2.24) is 24.4 Å². The highest BCUT2D eigenvalue weighted by molar-refractivity contribution is 14.1. The average molecular weight is 945 g/mol. The van der Waals surface area contributed by atoms with Gasteiger partial charge in [0.1, 0.15) is 29.6 Å². The van der Waals surface area contributed by atoms with Crippen molar-refractivity contribution in [3.63, 3.8) is 0 Å². The number of fused-ring (bicyclic) bond motifs is 2. The van der Waals surface area contributed by atoms with Crippen LogP contribution in [0.25, 0.3) is 22.2 Å². The number of benzene rings is 3. The van der Waals surface area contributed by atoms with Crippen molar-refractivity contribution in [2.24, 2.45) is 4.99 Å². The van der Waals surface area contributed by atoms with Crippen LogP contribution in [0.5, 0.6) is 0 Å². The zero-order valence-electron chi connectivity index (χ0n) is 34.7. The van der Waals surface area contributed by atoms with Crippen molar-refractivity contribution < 1.29 is 18.3 Å². The van der Waals surface area contributed by atoms with Crippen LogP contribution in [-0.2, 0) is 24.4 Å². The molecule has 3 aromatic carbocycles. The van der Waals surface area contributed by atoms with Gasteiger partial charge < -0.3 is 14.2 Å². The third-order valence-corrected chi connectivity index (χ3v) is 13.8. The number of carbonyl (C=O) groups is 1. The van der Waals surface area contributed by atoms with Gasteiger partial charge in [-0.1, -0.05) is 98.5 Å². The fourth-order valence-electron chi connectivity index (χ4n) is 7.85. The van der Waals surface area contributed by atoms with Gasteiger partial charge in [-0.15, -0.1) is 0 Å². The number of rotatable bonds is 13. The van der Waals surface area contributed by atoms with Crippen molar-refractivity contribution >= 4 is 59.1 Å². The summed E-state index contributed by atoms with van der Waals surface area (Å²) in [5, 5.41) is 0. The number of halogens is 3. The lowest BCUT2D eigenvalue weighted by Crippen LogP contribution is -2.38. The lowest BCUT2D eigenvalue weighted by molar-refractivity contribution is 0.0574. The summed E-state index contributed by atoms with van der Waals surface area (Å²) in [5.74, 6) is -0.996. The Morgan fingerprint density at radius 3 is 2.28 bits per heavy atom. The second-order valence-electron chi connectivity index (χ2n) is 16.7. The maximum atomic E-state index is 15.6. The van der Waals surface area contributed by atoms with E-state index in [1.54, 1.807) is 18.3 Å². The van der Waals surface area contributed by atoms with Crippen LogP contribution in [0.1, 0.15) is 63.0 Å². The van der Waals surface area contributed by atoms with E-state index in [9.17, 15) is 8.78 Å².